The standard InChI is InChI=1S/C15H17N3O/c1-11-8-16-15(17-9-11)18-7-6-13-12(10-18)4-3-5-14(13)19-2/h3-5,8-9H,6-7,10H2,1-2H3. The number of nitrogens with zero attached hydrogens (tertiary/aromatic N) is 3. The summed E-state index contributed by atoms with van der Waals surface area (Å²) in [6, 6.07) is 6.21. The van der Waals surface area contributed by atoms with Gasteiger partial charge in [0.2, 0.25) is 5.95 Å². The minimum atomic E-state index is 0.805. The number of methoxy groups -OCH3 is 1. The minimum Gasteiger partial charge on any atom is -0.496 e. The molecule has 98 valence electrons. The van der Waals surface area contributed by atoms with E-state index in [9.17, 15) is 0 Å². The summed E-state index contributed by atoms with van der Waals surface area (Å²) in [6.07, 6.45) is 4.70. The van der Waals surface area contributed by atoms with E-state index in [1.807, 2.05) is 31.5 Å². The molecule has 0 amide bonds. The van der Waals surface area contributed by atoms with Gasteiger partial charge in [-0.15, -0.1) is 0 Å². The highest BCUT2D eigenvalue weighted by atomic mass is 16.5. The second kappa shape index (κ2) is 4.88. The van der Waals surface area contributed by atoms with Gasteiger partial charge in [0, 0.05) is 31.0 Å². The first-order valence-corrected chi connectivity index (χ1v) is 6.46. The molecule has 0 atom stereocenters. The molecule has 2 aromatic rings. The lowest BCUT2D eigenvalue weighted by Gasteiger charge is -2.29. The second-order valence-electron chi connectivity index (χ2n) is 4.83. The Balaban J connectivity index is 1.88. The van der Waals surface area contributed by atoms with Crippen LogP contribution in [-0.4, -0.2) is 23.6 Å². The van der Waals surface area contributed by atoms with Crippen LogP contribution in [0.25, 0.3) is 0 Å². The largest absolute Gasteiger partial charge is 0.496 e. The Hall–Kier alpha value is -2.10. The summed E-state index contributed by atoms with van der Waals surface area (Å²) < 4.78 is 5.42. The fourth-order valence-electron chi connectivity index (χ4n) is 2.49. The van der Waals surface area contributed by atoms with Crippen molar-refractivity contribution in [3.05, 3.63) is 47.3 Å². The van der Waals surface area contributed by atoms with Crippen molar-refractivity contribution in [2.45, 2.75) is 19.9 Å². The highest BCUT2D eigenvalue weighted by Crippen LogP contribution is 2.28. The predicted octanol–water partition coefficient (Wildman–Crippen LogP) is 2.36. The molecule has 1 aliphatic rings. The Morgan fingerprint density at radius 2 is 2.00 bits per heavy atom. The number of hydrogen-bond acceptors (Lipinski definition) is 4. The average Bonchev–Trinajstić information content (AvgIpc) is 2.47. The van der Waals surface area contributed by atoms with E-state index in [4.69, 9.17) is 4.74 Å². The predicted molar refractivity (Wildman–Crippen MR) is 74.5 cm³/mol. The molecule has 0 saturated carbocycles. The first-order chi connectivity index (χ1) is 9.28. The first kappa shape index (κ1) is 12.0. The van der Waals surface area contributed by atoms with Crippen LogP contribution >= 0.6 is 0 Å². The maximum atomic E-state index is 5.42. The molecule has 0 N–H and O–H groups in total. The molecule has 0 aliphatic carbocycles. The van der Waals surface area contributed by atoms with Gasteiger partial charge in [-0.25, -0.2) is 9.97 Å². The summed E-state index contributed by atoms with van der Waals surface area (Å²) in [5, 5.41) is 0. The van der Waals surface area contributed by atoms with Crippen LogP contribution in [0, 0.1) is 6.92 Å². The molecule has 0 radical (unpaired) electrons. The smallest absolute Gasteiger partial charge is 0.225 e. The number of rotatable bonds is 2. The first-order valence-electron chi connectivity index (χ1n) is 6.46. The summed E-state index contributed by atoms with van der Waals surface area (Å²) in [4.78, 5) is 11.0. The normalized spacial score (nSPS) is 14.1. The van der Waals surface area contributed by atoms with Crippen molar-refractivity contribution in [1.82, 2.24) is 9.97 Å². The van der Waals surface area contributed by atoms with Crippen molar-refractivity contribution in [2.24, 2.45) is 0 Å². The van der Waals surface area contributed by atoms with Crippen molar-refractivity contribution in [3.63, 3.8) is 0 Å². The van der Waals surface area contributed by atoms with Gasteiger partial charge in [-0.05, 0) is 30.5 Å². The number of aromatic nitrogens is 2. The molecule has 0 fully saturated rings. The van der Waals surface area contributed by atoms with Crippen LogP contribution < -0.4 is 9.64 Å². The lowest BCUT2D eigenvalue weighted by molar-refractivity contribution is 0.407. The zero-order valence-corrected chi connectivity index (χ0v) is 11.3. The summed E-state index contributed by atoms with van der Waals surface area (Å²) in [7, 11) is 1.73. The molecular weight excluding hydrogens is 238 g/mol. The van der Waals surface area contributed by atoms with Gasteiger partial charge in [0.05, 0.1) is 7.11 Å². The summed E-state index contributed by atoms with van der Waals surface area (Å²) >= 11 is 0. The van der Waals surface area contributed by atoms with Gasteiger partial charge in [0.1, 0.15) is 5.75 Å². The van der Waals surface area contributed by atoms with E-state index in [0.717, 1.165) is 36.8 Å². The van der Waals surface area contributed by atoms with Crippen molar-refractivity contribution in [3.8, 4) is 5.75 Å². The molecular formula is C15H17N3O. The molecule has 0 saturated heterocycles. The molecule has 4 nitrogen and oxygen atoms in total. The van der Waals surface area contributed by atoms with Crippen molar-refractivity contribution in [1.29, 1.82) is 0 Å². The van der Waals surface area contributed by atoms with Crippen LogP contribution in [0.5, 0.6) is 5.75 Å². The lowest BCUT2D eigenvalue weighted by atomic mass is 9.99. The molecule has 2 heterocycles. The van der Waals surface area contributed by atoms with E-state index < -0.39 is 0 Å². The fourth-order valence-corrected chi connectivity index (χ4v) is 2.49. The molecule has 1 aromatic heterocycles. The van der Waals surface area contributed by atoms with E-state index in [2.05, 4.69) is 20.9 Å². The van der Waals surface area contributed by atoms with Crippen molar-refractivity contribution < 1.29 is 4.74 Å². The highest BCUT2D eigenvalue weighted by molar-refractivity contribution is 5.46. The Labute approximate surface area is 113 Å². The molecule has 0 bridgehead atoms. The minimum absolute atomic E-state index is 0.805. The zero-order chi connectivity index (χ0) is 13.2. The van der Waals surface area contributed by atoms with Crippen LogP contribution in [0.15, 0.2) is 30.6 Å². The Bertz CT molecular complexity index is 580. The number of aryl methyl sites for hydroxylation is 1. The van der Waals surface area contributed by atoms with E-state index in [1.165, 1.54) is 11.1 Å². The SMILES string of the molecule is COc1cccc2c1CCN(c1ncc(C)cn1)C2. The molecule has 1 aliphatic heterocycles. The third kappa shape index (κ3) is 2.26. The molecule has 19 heavy (non-hydrogen) atoms. The highest BCUT2D eigenvalue weighted by Gasteiger charge is 2.20. The monoisotopic (exact) mass is 255 g/mol. The maximum absolute atomic E-state index is 5.42. The van der Waals surface area contributed by atoms with Gasteiger partial charge in [-0.2, -0.15) is 0 Å². The van der Waals surface area contributed by atoms with Crippen LogP contribution in [0.1, 0.15) is 16.7 Å². The van der Waals surface area contributed by atoms with Crippen LogP contribution in [0.4, 0.5) is 5.95 Å². The fraction of sp³-hybridized carbons (Fsp3) is 0.333. The van der Waals surface area contributed by atoms with Gasteiger partial charge in [0.15, 0.2) is 0 Å². The second-order valence-corrected chi connectivity index (χ2v) is 4.83. The number of ether oxygens (including phenoxy) is 1. The van der Waals surface area contributed by atoms with Crippen LogP contribution in [-0.2, 0) is 13.0 Å². The molecule has 0 unspecified atom stereocenters. The molecule has 3 rings (SSSR count). The molecule has 1 aromatic carbocycles. The van der Waals surface area contributed by atoms with Gasteiger partial charge < -0.3 is 9.64 Å². The summed E-state index contributed by atoms with van der Waals surface area (Å²) in [5.41, 5.74) is 3.70. The number of fused-ring (bicyclic) bond motifs is 1. The Morgan fingerprint density at radius 1 is 1.21 bits per heavy atom. The third-order valence-corrected chi connectivity index (χ3v) is 3.49. The lowest BCUT2D eigenvalue weighted by Crippen LogP contribution is -2.31. The van der Waals surface area contributed by atoms with E-state index in [0.29, 0.717) is 0 Å². The molecule has 0 spiro atoms. The van der Waals surface area contributed by atoms with E-state index >= 15 is 0 Å². The number of hydrogen-bond donors (Lipinski definition) is 0. The van der Waals surface area contributed by atoms with Gasteiger partial charge in [-0.1, -0.05) is 12.1 Å². The number of benzene rings is 1. The summed E-state index contributed by atoms with van der Waals surface area (Å²) in [6.45, 7) is 3.77. The van der Waals surface area contributed by atoms with E-state index in [-0.39, 0.29) is 0 Å². The van der Waals surface area contributed by atoms with Gasteiger partial charge in [-0.3, -0.25) is 0 Å². The van der Waals surface area contributed by atoms with Gasteiger partial charge in [0.25, 0.3) is 0 Å². The summed E-state index contributed by atoms with van der Waals surface area (Å²) in [5.74, 6) is 1.79. The van der Waals surface area contributed by atoms with E-state index in [1.54, 1.807) is 7.11 Å². The zero-order valence-electron chi connectivity index (χ0n) is 11.3. The topological polar surface area (TPSA) is 38.2 Å². The van der Waals surface area contributed by atoms with Crippen molar-refractivity contribution in [2.75, 3.05) is 18.6 Å². The number of anilines is 1. The van der Waals surface area contributed by atoms with Crippen molar-refractivity contribution >= 4 is 5.95 Å². The van der Waals surface area contributed by atoms with Gasteiger partial charge >= 0.3 is 0 Å². The van der Waals surface area contributed by atoms with Crippen LogP contribution in [0.3, 0.4) is 0 Å². The Kier molecular flexibility index (Phi) is 3.07. The maximum Gasteiger partial charge on any atom is 0.225 e. The third-order valence-electron chi connectivity index (χ3n) is 3.49. The quantitative estimate of drug-likeness (QED) is 0.825. The Morgan fingerprint density at radius 3 is 2.74 bits per heavy atom. The molecule has 4 heteroatoms. The van der Waals surface area contributed by atoms with Crippen LogP contribution in [0.2, 0.25) is 0 Å². The average molecular weight is 255 g/mol.